The van der Waals surface area contributed by atoms with Gasteiger partial charge in [0.2, 0.25) is 0 Å². The second kappa shape index (κ2) is 6.93. The number of fused-ring (bicyclic) bond motifs is 1. The smallest absolute Gasteiger partial charge is 0.406 e. The number of thiazole rings is 1. The molecule has 1 saturated carbocycles. The van der Waals surface area contributed by atoms with Crippen LogP contribution in [0.1, 0.15) is 30.1 Å². The van der Waals surface area contributed by atoms with E-state index < -0.39 is 6.09 Å². The van der Waals surface area contributed by atoms with E-state index in [1.165, 1.54) is 29.7 Å². The predicted octanol–water partition coefficient (Wildman–Crippen LogP) is 4.62. The molecule has 0 saturated heterocycles. The minimum atomic E-state index is -0.664. The van der Waals surface area contributed by atoms with E-state index in [2.05, 4.69) is 20.4 Å². The van der Waals surface area contributed by atoms with Crippen LogP contribution < -0.4 is 10.2 Å². The molecule has 1 amide bonds. The molecule has 7 nitrogen and oxygen atoms in total. The molecule has 0 unspecified atom stereocenters. The Bertz CT molecular complexity index is 1220. The van der Waals surface area contributed by atoms with Crippen LogP contribution in [0.15, 0.2) is 42.0 Å². The van der Waals surface area contributed by atoms with E-state index >= 15 is 0 Å². The number of carbonyl (C=O) groups is 1. The van der Waals surface area contributed by atoms with E-state index in [0.29, 0.717) is 22.4 Å². The number of hydrogen-bond acceptors (Lipinski definition) is 6. The Hall–Kier alpha value is -3.33. The summed E-state index contributed by atoms with van der Waals surface area (Å²) < 4.78 is 20.7. The molecule has 0 radical (unpaired) electrons. The average Bonchev–Trinajstić information content (AvgIpc) is 3.27. The molecule has 3 aromatic heterocycles. The highest BCUT2D eigenvalue weighted by atomic mass is 32.1. The van der Waals surface area contributed by atoms with Gasteiger partial charge >= 0.3 is 6.09 Å². The number of aryl methyl sites for hydroxylation is 1. The molecule has 9 heteroatoms. The van der Waals surface area contributed by atoms with Crippen LogP contribution in [0.2, 0.25) is 0 Å². The van der Waals surface area contributed by atoms with Crippen molar-refractivity contribution in [3.05, 3.63) is 59.2 Å². The van der Waals surface area contributed by atoms with Crippen molar-refractivity contribution < 1.29 is 13.9 Å². The summed E-state index contributed by atoms with van der Waals surface area (Å²) >= 11 is 1.43. The molecule has 5 rings (SSSR count). The summed E-state index contributed by atoms with van der Waals surface area (Å²) in [6.45, 7) is 1.74. The number of ether oxygens (including phenoxy) is 1. The number of benzene rings is 1. The van der Waals surface area contributed by atoms with Crippen molar-refractivity contribution in [2.45, 2.75) is 25.7 Å². The highest BCUT2D eigenvalue weighted by Crippen LogP contribution is 2.42. The molecule has 0 bridgehead atoms. The van der Waals surface area contributed by atoms with Gasteiger partial charge in [-0.1, -0.05) is 0 Å². The van der Waals surface area contributed by atoms with Crippen LogP contribution in [-0.4, -0.2) is 25.7 Å². The van der Waals surface area contributed by atoms with Crippen LogP contribution in [-0.2, 0) is 0 Å². The lowest BCUT2D eigenvalue weighted by molar-refractivity contribution is 0.211. The number of halogens is 1. The van der Waals surface area contributed by atoms with Gasteiger partial charge in [0.25, 0.3) is 0 Å². The number of nitrogens with zero attached hydrogens (tertiary/aromatic N) is 4. The van der Waals surface area contributed by atoms with Crippen molar-refractivity contribution in [1.29, 1.82) is 0 Å². The Labute approximate surface area is 169 Å². The van der Waals surface area contributed by atoms with Crippen LogP contribution in [0.3, 0.4) is 0 Å². The maximum Gasteiger partial charge on any atom is 0.432 e. The molecule has 4 aromatic rings. The molecule has 1 fully saturated rings. The number of hydrogen-bond donors (Lipinski definition) is 1. The third-order valence-electron chi connectivity index (χ3n) is 4.75. The first-order chi connectivity index (χ1) is 14.1. The van der Waals surface area contributed by atoms with Gasteiger partial charge in [-0.3, -0.25) is 4.68 Å². The van der Waals surface area contributed by atoms with Crippen LogP contribution in [0.4, 0.5) is 9.18 Å². The summed E-state index contributed by atoms with van der Waals surface area (Å²) in [6, 6.07) is 6.39. The minimum absolute atomic E-state index is 0.262. The van der Waals surface area contributed by atoms with Gasteiger partial charge in [-0.15, -0.1) is 11.3 Å². The standard InChI is InChI=1S/C20H16FN5O2S/c1-11-17(10-23-18(24-11)19-22-6-7-29-19)28-20(27)25-26-15-5-4-14(21)8-13(15)9-16(26)12-2-3-12/h4-10,12H,2-3H2,1H3,(H,25,27). The molecule has 1 N–H and O–H groups in total. The highest BCUT2D eigenvalue weighted by molar-refractivity contribution is 7.12. The fourth-order valence-corrected chi connectivity index (χ4v) is 3.80. The van der Waals surface area contributed by atoms with Gasteiger partial charge in [0.15, 0.2) is 16.6 Å². The highest BCUT2D eigenvalue weighted by Gasteiger charge is 2.29. The van der Waals surface area contributed by atoms with Crippen molar-refractivity contribution in [3.8, 4) is 16.6 Å². The van der Waals surface area contributed by atoms with Crippen molar-refractivity contribution in [3.63, 3.8) is 0 Å². The van der Waals surface area contributed by atoms with E-state index in [4.69, 9.17) is 4.74 Å². The first kappa shape index (κ1) is 17.7. The third kappa shape index (κ3) is 3.44. The van der Waals surface area contributed by atoms with E-state index in [0.717, 1.165) is 29.4 Å². The molecular weight excluding hydrogens is 393 g/mol. The van der Waals surface area contributed by atoms with E-state index in [1.807, 2.05) is 11.4 Å². The van der Waals surface area contributed by atoms with Crippen molar-refractivity contribution in [1.82, 2.24) is 19.6 Å². The van der Waals surface area contributed by atoms with Gasteiger partial charge in [-0.05, 0) is 44.0 Å². The molecule has 0 aliphatic heterocycles. The third-order valence-corrected chi connectivity index (χ3v) is 5.52. The zero-order valence-electron chi connectivity index (χ0n) is 15.4. The topological polar surface area (TPSA) is 81.9 Å². The quantitative estimate of drug-likeness (QED) is 0.532. The fraction of sp³-hybridized carbons (Fsp3) is 0.200. The molecule has 1 aliphatic rings. The van der Waals surface area contributed by atoms with Gasteiger partial charge in [0, 0.05) is 28.6 Å². The molecule has 1 aliphatic carbocycles. The largest absolute Gasteiger partial charge is 0.432 e. The summed E-state index contributed by atoms with van der Waals surface area (Å²) in [4.78, 5) is 25.3. The molecule has 0 atom stereocenters. The van der Waals surface area contributed by atoms with Gasteiger partial charge in [-0.25, -0.2) is 29.6 Å². The monoisotopic (exact) mass is 409 g/mol. The Morgan fingerprint density at radius 3 is 2.90 bits per heavy atom. The lowest BCUT2D eigenvalue weighted by atomic mass is 10.2. The van der Waals surface area contributed by atoms with Crippen LogP contribution in [0.5, 0.6) is 5.75 Å². The number of nitrogens with one attached hydrogen (secondary N) is 1. The molecule has 0 spiro atoms. The van der Waals surface area contributed by atoms with Gasteiger partial charge in [0.1, 0.15) is 5.82 Å². The lowest BCUT2D eigenvalue weighted by Gasteiger charge is -2.13. The second-order valence-corrected chi connectivity index (χ2v) is 7.76. The van der Waals surface area contributed by atoms with Gasteiger partial charge < -0.3 is 4.74 Å². The zero-order chi connectivity index (χ0) is 20.0. The molecule has 29 heavy (non-hydrogen) atoms. The fourth-order valence-electron chi connectivity index (χ4n) is 3.22. The SMILES string of the molecule is Cc1nc(-c2nccs2)ncc1OC(=O)Nn1c(C2CC2)cc2cc(F)ccc21. The summed E-state index contributed by atoms with van der Waals surface area (Å²) in [5.74, 6) is 0.791. The summed E-state index contributed by atoms with van der Waals surface area (Å²) in [6.07, 6.45) is 4.56. The lowest BCUT2D eigenvalue weighted by Crippen LogP contribution is -2.27. The summed E-state index contributed by atoms with van der Waals surface area (Å²) in [7, 11) is 0. The number of amides is 1. The first-order valence-electron chi connectivity index (χ1n) is 9.12. The van der Waals surface area contributed by atoms with E-state index in [1.54, 1.807) is 23.9 Å². The minimum Gasteiger partial charge on any atom is -0.406 e. The molecule has 3 heterocycles. The Morgan fingerprint density at radius 2 is 2.17 bits per heavy atom. The maximum absolute atomic E-state index is 13.6. The zero-order valence-corrected chi connectivity index (χ0v) is 16.2. The van der Waals surface area contributed by atoms with Crippen molar-refractivity contribution >= 4 is 28.3 Å². The van der Waals surface area contributed by atoms with Crippen molar-refractivity contribution in [2.24, 2.45) is 0 Å². The van der Waals surface area contributed by atoms with E-state index in [9.17, 15) is 9.18 Å². The molecule has 146 valence electrons. The summed E-state index contributed by atoms with van der Waals surface area (Å²) in [5, 5.41) is 3.28. The van der Waals surface area contributed by atoms with Gasteiger partial charge in [-0.2, -0.15) is 0 Å². The normalized spacial score (nSPS) is 13.6. The Balaban J connectivity index is 1.39. The predicted molar refractivity (Wildman–Crippen MR) is 107 cm³/mol. The number of aromatic nitrogens is 4. The van der Waals surface area contributed by atoms with Gasteiger partial charge in [0.05, 0.1) is 17.4 Å². The van der Waals surface area contributed by atoms with Crippen LogP contribution in [0.25, 0.3) is 21.7 Å². The number of carbonyl (C=O) groups excluding carboxylic acids is 1. The number of rotatable bonds is 4. The van der Waals surface area contributed by atoms with Crippen LogP contribution >= 0.6 is 11.3 Å². The molecular formula is C20H16FN5O2S. The first-order valence-corrected chi connectivity index (χ1v) is 10.00. The average molecular weight is 409 g/mol. The molecule has 1 aromatic carbocycles. The van der Waals surface area contributed by atoms with Crippen molar-refractivity contribution in [2.75, 3.05) is 5.43 Å². The Kier molecular flexibility index (Phi) is 4.24. The van der Waals surface area contributed by atoms with E-state index in [-0.39, 0.29) is 11.6 Å². The van der Waals surface area contributed by atoms with Crippen LogP contribution in [0, 0.1) is 12.7 Å². The summed E-state index contributed by atoms with van der Waals surface area (Å²) in [5.41, 5.74) is 4.95. The Morgan fingerprint density at radius 1 is 1.31 bits per heavy atom. The second-order valence-electron chi connectivity index (χ2n) is 6.86. The maximum atomic E-state index is 13.6.